The summed E-state index contributed by atoms with van der Waals surface area (Å²) in [6.07, 6.45) is 0.728. The quantitative estimate of drug-likeness (QED) is 0.778. The number of urea groups is 1. The van der Waals surface area contributed by atoms with E-state index in [1.807, 2.05) is 26.8 Å². The standard InChI is InChI=1S/C14H21ClN2O2/c1-9(2)6-11(8-18)16-14(19)17-13-7-10(3)4-5-12(13)15/h4-5,7,9,11,18H,6,8H2,1-3H3,(H2,16,17,19). The van der Waals surface area contributed by atoms with Gasteiger partial charge >= 0.3 is 6.03 Å². The number of nitrogens with one attached hydrogen (secondary N) is 2. The average Bonchev–Trinajstić information content (AvgIpc) is 2.32. The molecule has 0 saturated carbocycles. The minimum Gasteiger partial charge on any atom is -0.394 e. The molecule has 0 aliphatic rings. The van der Waals surface area contributed by atoms with Crippen LogP contribution in [0.25, 0.3) is 0 Å². The topological polar surface area (TPSA) is 61.4 Å². The third-order valence-electron chi connectivity index (χ3n) is 2.68. The Morgan fingerprint density at radius 2 is 2.11 bits per heavy atom. The number of aliphatic hydroxyl groups excluding tert-OH is 1. The van der Waals surface area contributed by atoms with Gasteiger partial charge in [0, 0.05) is 0 Å². The highest BCUT2D eigenvalue weighted by molar-refractivity contribution is 6.33. The van der Waals surface area contributed by atoms with Gasteiger partial charge in [-0.3, -0.25) is 0 Å². The number of hydrogen-bond acceptors (Lipinski definition) is 2. The van der Waals surface area contributed by atoms with Crippen LogP contribution < -0.4 is 10.6 Å². The fourth-order valence-corrected chi connectivity index (χ4v) is 1.99. The molecule has 1 rings (SSSR count). The molecule has 0 spiro atoms. The van der Waals surface area contributed by atoms with Crippen molar-refractivity contribution in [2.75, 3.05) is 11.9 Å². The van der Waals surface area contributed by atoms with E-state index in [2.05, 4.69) is 10.6 Å². The summed E-state index contributed by atoms with van der Waals surface area (Å²) in [5.74, 6) is 0.403. The SMILES string of the molecule is Cc1ccc(Cl)c(NC(=O)NC(CO)CC(C)C)c1. The Morgan fingerprint density at radius 1 is 1.42 bits per heavy atom. The third kappa shape index (κ3) is 5.49. The number of rotatable bonds is 5. The Hall–Kier alpha value is -1.26. The number of benzene rings is 1. The lowest BCUT2D eigenvalue weighted by Gasteiger charge is -2.19. The van der Waals surface area contributed by atoms with Crippen LogP contribution in [0.1, 0.15) is 25.8 Å². The Balaban J connectivity index is 2.61. The molecule has 0 radical (unpaired) electrons. The zero-order chi connectivity index (χ0) is 14.4. The fourth-order valence-electron chi connectivity index (χ4n) is 1.83. The normalized spacial score (nSPS) is 12.3. The van der Waals surface area contributed by atoms with Crippen LogP contribution in [-0.2, 0) is 0 Å². The molecule has 2 amide bonds. The lowest BCUT2D eigenvalue weighted by Crippen LogP contribution is -2.41. The van der Waals surface area contributed by atoms with Gasteiger partial charge in [-0.1, -0.05) is 31.5 Å². The van der Waals surface area contributed by atoms with E-state index in [4.69, 9.17) is 11.6 Å². The first kappa shape index (κ1) is 15.8. The number of amides is 2. The van der Waals surface area contributed by atoms with Gasteiger partial charge in [0.1, 0.15) is 0 Å². The van der Waals surface area contributed by atoms with Crippen LogP contribution >= 0.6 is 11.6 Å². The van der Waals surface area contributed by atoms with E-state index in [0.29, 0.717) is 16.6 Å². The van der Waals surface area contributed by atoms with Crippen molar-refractivity contribution in [3.8, 4) is 0 Å². The van der Waals surface area contributed by atoms with Crippen LogP contribution in [0.2, 0.25) is 5.02 Å². The van der Waals surface area contributed by atoms with E-state index in [-0.39, 0.29) is 18.7 Å². The number of anilines is 1. The summed E-state index contributed by atoms with van der Waals surface area (Å²) in [5, 5.41) is 15.1. The lowest BCUT2D eigenvalue weighted by atomic mass is 10.0. The Kier molecular flexibility index (Phi) is 6.12. The van der Waals surface area contributed by atoms with Gasteiger partial charge in [0.25, 0.3) is 0 Å². The first-order valence-corrected chi connectivity index (χ1v) is 6.74. The molecule has 0 aliphatic heterocycles. The zero-order valence-corrected chi connectivity index (χ0v) is 12.3. The van der Waals surface area contributed by atoms with Gasteiger partial charge < -0.3 is 15.7 Å². The van der Waals surface area contributed by atoms with Gasteiger partial charge in [-0.2, -0.15) is 0 Å². The van der Waals surface area contributed by atoms with Crippen molar-refractivity contribution < 1.29 is 9.90 Å². The predicted molar refractivity (Wildman–Crippen MR) is 78.7 cm³/mol. The predicted octanol–water partition coefficient (Wildman–Crippen LogP) is 3.18. The van der Waals surface area contributed by atoms with E-state index < -0.39 is 0 Å². The molecule has 1 aromatic rings. The largest absolute Gasteiger partial charge is 0.394 e. The molecule has 5 heteroatoms. The molecule has 0 fully saturated rings. The highest BCUT2D eigenvalue weighted by atomic mass is 35.5. The summed E-state index contributed by atoms with van der Waals surface area (Å²) in [6.45, 7) is 5.93. The fraction of sp³-hybridized carbons (Fsp3) is 0.500. The van der Waals surface area contributed by atoms with Crippen LogP contribution in [0, 0.1) is 12.8 Å². The summed E-state index contributed by atoms with van der Waals surface area (Å²) < 4.78 is 0. The smallest absolute Gasteiger partial charge is 0.319 e. The third-order valence-corrected chi connectivity index (χ3v) is 3.01. The summed E-state index contributed by atoms with van der Waals surface area (Å²) in [6, 6.07) is 4.82. The van der Waals surface area contributed by atoms with Gasteiger partial charge in [0.15, 0.2) is 0 Å². The van der Waals surface area contributed by atoms with Crippen LogP contribution in [0.15, 0.2) is 18.2 Å². The van der Waals surface area contributed by atoms with Gasteiger partial charge in [-0.15, -0.1) is 0 Å². The van der Waals surface area contributed by atoms with Gasteiger partial charge in [-0.25, -0.2) is 4.79 Å². The number of carbonyl (C=O) groups excluding carboxylic acids is 1. The van der Waals surface area contributed by atoms with Crippen LogP contribution in [-0.4, -0.2) is 23.8 Å². The van der Waals surface area contributed by atoms with Gasteiger partial charge in [-0.05, 0) is 37.0 Å². The first-order valence-electron chi connectivity index (χ1n) is 6.37. The molecule has 1 aromatic carbocycles. The van der Waals surface area contributed by atoms with Crippen molar-refractivity contribution in [1.29, 1.82) is 0 Å². The summed E-state index contributed by atoms with van der Waals surface area (Å²) in [5.41, 5.74) is 1.58. The molecular weight excluding hydrogens is 264 g/mol. The summed E-state index contributed by atoms with van der Waals surface area (Å²) >= 11 is 6.00. The number of aryl methyl sites for hydroxylation is 1. The van der Waals surface area contributed by atoms with Crippen molar-refractivity contribution in [3.05, 3.63) is 28.8 Å². The molecule has 106 valence electrons. The Labute approximate surface area is 119 Å². The number of carbonyl (C=O) groups is 1. The van der Waals surface area contributed by atoms with Crippen molar-refractivity contribution in [1.82, 2.24) is 5.32 Å². The van der Waals surface area contributed by atoms with Crippen molar-refractivity contribution in [3.63, 3.8) is 0 Å². The second-order valence-corrected chi connectivity index (χ2v) is 5.50. The molecule has 0 saturated heterocycles. The van der Waals surface area contributed by atoms with Crippen LogP contribution in [0.4, 0.5) is 10.5 Å². The minimum absolute atomic E-state index is 0.0762. The summed E-state index contributed by atoms with van der Waals surface area (Å²) in [7, 11) is 0. The molecule has 19 heavy (non-hydrogen) atoms. The van der Waals surface area contributed by atoms with Crippen LogP contribution in [0.3, 0.4) is 0 Å². The molecule has 0 aliphatic carbocycles. The average molecular weight is 285 g/mol. The molecule has 3 N–H and O–H groups in total. The number of hydrogen-bond donors (Lipinski definition) is 3. The highest BCUT2D eigenvalue weighted by Crippen LogP contribution is 2.22. The summed E-state index contributed by atoms with van der Waals surface area (Å²) in [4.78, 5) is 11.8. The van der Waals surface area contributed by atoms with Gasteiger partial charge in [0.2, 0.25) is 0 Å². The zero-order valence-electron chi connectivity index (χ0n) is 11.5. The van der Waals surface area contributed by atoms with Crippen molar-refractivity contribution in [2.45, 2.75) is 33.2 Å². The second-order valence-electron chi connectivity index (χ2n) is 5.09. The molecule has 1 atom stereocenters. The molecule has 0 heterocycles. The maximum absolute atomic E-state index is 11.8. The monoisotopic (exact) mass is 284 g/mol. The lowest BCUT2D eigenvalue weighted by molar-refractivity contribution is 0.214. The molecule has 4 nitrogen and oxygen atoms in total. The molecular formula is C14H21ClN2O2. The van der Waals surface area contributed by atoms with Crippen LogP contribution in [0.5, 0.6) is 0 Å². The van der Waals surface area contributed by atoms with E-state index in [0.717, 1.165) is 12.0 Å². The van der Waals surface area contributed by atoms with E-state index >= 15 is 0 Å². The minimum atomic E-state index is -0.354. The number of halogens is 1. The second kappa shape index (κ2) is 7.36. The Morgan fingerprint density at radius 3 is 2.68 bits per heavy atom. The first-order chi connectivity index (χ1) is 8.92. The maximum atomic E-state index is 11.8. The molecule has 0 bridgehead atoms. The van der Waals surface area contributed by atoms with Crippen molar-refractivity contribution in [2.24, 2.45) is 5.92 Å². The number of aliphatic hydroxyl groups is 1. The van der Waals surface area contributed by atoms with E-state index in [1.54, 1.807) is 12.1 Å². The van der Waals surface area contributed by atoms with E-state index in [9.17, 15) is 9.90 Å². The molecule has 1 unspecified atom stereocenters. The maximum Gasteiger partial charge on any atom is 0.319 e. The highest BCUT2D eigenvalue weighted by Gasteiger charge is 2.13. The van der Waals surface area contributed by atoms with Gasteiger partial charge in [0.05, 0.1) is 23.4 Å². The molecule has 0 aromatic heterocycles. The van der Waals surface area contributed by atoms with E-state index in [1.165, 1.54) is 0 Å². The van der Waals surface area contributed by atoms with Crippen molar-refractivity contribution >= 4 is 23.3 Å². The Bertz CT molecular complexity index is 435.